The Bertz CT molecular complexity index is 348. The van der Waals surface area contributed by atoms with Gasteiger partial charge >= 0.3 is 0 Å². The summed E-state index contributed by atoms with van der Waals surface area (Å²) in [5.41, 5.74) is 0. The fraction of sp³-hybridized carbons (Fsp3) is 0.875. The number of hydrogen-bond donors (Lipinski definition) is 2. The molecule has 0 bridgehead atoms. The lowest BCUT2D eigenvalue weighted by Gasteiger charge is -2.34. The number of amides is 1. The average Bonchev–Trinajstić information content (AvgIpc) is 2.49. The highest BCUT2D eigenvalue weighted by Crippen LogP contribution is 2.02. The first-order chi connectivity index (χ1) is 10.5. The summed E-state index contributed by atoms with van der Waals surface area (Å²) < 4.78 is 0. The summed E-state index contributed by atoms with van der Waals surface area (Å²) in [6, 6.07) is 0. The Hall–Kier alpha value is -1.30. The third kappa shape index (κ3) is 7.64. The summed E-state index contributed by atoms with van der Waals surface area (Å²) in [7, 11) is 1.81. The second-order valence-corrected chi connectivity index (χ2v) is 6.31. The molecule has 0 aromatic carbocycles. The Morgan fingerprint density at radius 2 is 1.77 bits per heavy atom. The molecule has 0 aromatic rings. The molecule has 0 radical (unpaired) electrons. The zero-order chi connectivity index (χ0) is 16.4. The standard InChI is InChI=1S/C16H33N5O/c1-14(2)6-5-7-18-16(17-4)19-8-9-20-10-12-21(13-11-20)15(3)22/h14H,5-13H2,1-4H3,(H2,17,18,19). The molecule has 1 heterocycles. The predicted molar refractivity (Wildman–Crippen MR) is 92.1 cm³/mol. The maximum atomic E-state index is 11.3. The van der Waals surface area contributed by atoms with Gasteiger partial charge in [-0.2, -0.15) is 0 Å². The van der Waals surface area contributed by atoms with Crippen molar-refractivity contribution in [1.29, 1.82) is 0 Å². The van der Waals surface area contributed by atoms with E-state index < -0.39 is 0 Å². The van der Waals surface area contributed by atoms with Crippen LogP contribution in [0, 0.1) is 5.92 Å². The first-order valence-electron chi connectivity index (χ1n) is 8.45. The maximum absolute atomic E-state index is 11.3. The summed E-state index contributed by atoms with van der Waals surface area (Å²) in [4.78, 5) is 19.8. The number of piperazine rings is 1. The van der Waals surface area contributed by atoms with E-state index in [1.165, 1.54) is 12.8 Å². The highest BCUT2D eigenvalue weighted by atomic mass is 16.2. The van der Waals surface area contributed by atoms with Gasteiger partial charge in [-0.3, -0.25) is 14.7 Å². The van der Waals surface area contributed by atoms with E-state index >= 15 is 0 Å². The number of hydrogen-bond acceptors (Lipinski definition) is 3. The van der Waals surface area contributed by atoms with Gasteiger partial charge in [0.05, 0.1) is 0 Å². The fourth-order valence-corrected chi connectivity index (χ4v) is 2.56. The number of aliphatic imine (C=N–C) groups is 1. The van der Waals surface area contributed by atoms with Crippen LogP contribution in [0.5, 0.6) is 0 Å². The molecule has 0 unspecified atom stereocenters. The van der Waals surface area contributed by atoms with Gasteiger partial charge in [-0.15, -0.1) is 0 Å². The lowest BCUT2D eigenvalue weighted by Crippen LogP contribution is -2.50. The molecule has 1 rings (SSSR count). The van der Waals surface area contributed by atoms with Crippen LogP contribution in [0.25, 0.3) is 0 Å². The quantitative estimate of drug-likeness (QED) is 0.414. The van der Waals surface area contributed by atoms with Crippen molar-refractivity contribution in [2.24, 2.45) is 10.9 Å². The summed E-state index contributed by atoms with van der Waals surface area (Å²) in [6.07, 6.45) is 2.41. The van der Waals surface area contributed by atoms with Crippen LogP contribution in [0.15, 0.2) is 4.99 Å². The van der Waals surface area contributed by atoms with Gasteiger partial charge in [0.2, 0.25) is 5.91 Å². The molecule has 0 aliphatic carbocycles. The lowest BCUT2D eigenvalue weighted by atomic mass is 10.1. The average molecular weight is 311 g/mol. The Morgan fingerprint density at radius 1 is 1.14 bits per heavy atom. The Kier molecular flexibility index (Phi) is 8.89. The monoisotopic (exact) mass is 311 g/mol. The second kappa shape index (κ2) is 10.4. The van der Waals surface area contributed by atoms with E-state index in [2.05, 4.69) is 34.4 Å². The molecule has 1 fully saturated rings. The molecule has 22 heavy (non-hydrogen) atoms. The zero-order valence-corrected chi connectivity index (χ0v) is 14.7. The van der Waals surface area contributed by atoms with Gasteiger partial charge in [0.25, 0.3) is 0 Å². The molecule has 1 aliphatic rings. The van der Waals surface area contributed by atoms with Gasteiger partial charge < -0.3 is 15.5 Å². The van der Waals surface area contributed by atoms with Crippen LogP contribution in [0.3, 0.4) is 0 Å². The van der Waals surface area contributed by atoms with Crippen LogP contribution in [-0.4, -0.2) is 74.5 Å². The van der Waals surface area contributed by atoms with Crippen molar-refractivity contribution >= 4 is 11.9 Å². The van der Waals surface area contributed by atoms with Crippen molar-refractivity contribution in [3.63, 3.8) is 0 Å². The molecule has 6 heteroatoms. The third-order valence-corrected chi connectivity index (χ3v) is 4.01. The van der Waals surface area contributed by atoms with Crippen LogP contribution in [0.1, 0.15) is 33.6 Å². The zero-order valence-electron chi connectivity index (χ0n) is 14.7. The van der Waals surface area contributed by atoms with Crippen LogP contribution in [-0.2, 0) is 4.79 Å². The van der Waals surface area contributed by atoms with Crippen LogP contribution >= 0.6 is 0 Å². The first-order valence-corrected chi connectivity index (χ1v) is 8.45. The minimum Gasteiger partial charge on any atom is -0.356 e. The molecular weight excluding hydrogens is 278 g/mol. The number of nitrogens with one attached hydrogen (secondary N) is 2. The molecular formula is C16H33N5O. The molecule has 0 aromatic heterocycles. The largest absolute Gasteiger partial charge is 0.356 e. The maximum Gasteiger partial charge on any atom is 0.219 e. The molecule has 1 aliphatic heterocycles. The van der Waals surface area contributed by atoms with Crippen molar-refractivity contribution in [3.05, 3.63) is 0 Å². The Labute approximate surface area is 135 Å². The molecule has 0 spiro atoms. The van der Waals surface area contributed by atoms with E-state index in [0.29, 0.717) is 0 Å². The van der Waals surface area contributed by atoms with Crippen LogP contribution in [0.2, 0.25) is 0 Å². The first kappa shape index (κ1) is 18.7. The van der Waals surface area contributed by atoms with E-state index in [0.717, 1.165) is 57.7 Å². The summed E-state index contributed by atoms with van der Waals surface area (Å²) in [5, 5.41) is 6.71. The molecule has 6 nitrogen and oxygen atoms in total. The molecule has 128 valence electrons. The summed E-state index contributed by atoms with van der Waals surface area (Å²) in [6.45, 7) is 12.6. The van der Waals surface area contributed by atoms with Gasteiger partial charge in [0.1, 0.15) is 0 Å². The number of guanidine groups is 1. The SMILES string of the molecule is CN=C(NCCCC(C)C)NCCN1CCN(C(C)=O)CC1. The van der Waals surface area contributed by atoms with Gasteiger partial charge in [-0.25, -0.2) is 0 Å². The summed E-state index contributed by atoms with van der Waals surface area (Å²) >= 11 is 0. The van der Waals surface area contributed by atoms with Crippen molar-refractivity contribution in [1.82, 2.24) is 20.4 Å². The van der Waals surface area contributed by atoms with E-state index in [4.69, 9.17) is 0 Å². The van der Waals surface area contributed by atoms with Crippen molar-refractivity contribution in [3.8, 4) is 0 Å². The Balaban J connectivity index is 2.11. The van der Waals surface area contributed by atoms with Crippen LogP contribution in [0.4, 0.5) is 0 Å². The van der Waals surface area contributed by atoms with Crippen molar-refractivity contribution in [2.45, 2.75) is 33.6 Å². The number of nitrogens with zero attached hydrogens (tertiary/aromatic N) is 3. The predicted octanol–water partition coefficient (Wildman–Crippen LogP) is 0.752. The lowest BCUT2D eigenvalue weighted by molar-refractivity contribution is -0.130. The third-order valence-electron chi connectivity index (χ3n) is 4.01. The molecule has 1 amide bonds. The minimum absolute atomic E-state index is 0.184. The van der Waals surface area contributed by atoms with E-state index in [1.807, 2.05) is 11.9 Å². The normalized spacial score (nSPS) is 17.0. The van der Waals surface area contributed by atoms with Gasteiger partial charge in [0, 0.05) is 59.8 Å². The van der Waals surface area contributed by atoms with E-state index in [1.54, 1.807) is 6.92 Å². The molecule has 1 saturated heterocycles. The summed E-state index contributed by atoms with van der Waals surface area (Å²) in [5.74, 6) is 1.82. The fourth-order valence-electron chi connectivity index (χ4n) is 2.56. The highest BCUT2D eigenvalue weighted by Gasteiger charge is 2.17. The highest BCUT2D eigenvalue weighted by molar-refractivity contribution is 5.79. The topological polar surface area (TPSA) is 60.0 Å². The van der Waals surface area contributed by atoms with Crippen LogP contribution < -0.4 is 10.6 Å². The number of carbonyl (C=O) groups is 1. The van der Waals surface area contributed by atoms with E-state index in [-0.39, 0.29) is 5.91 Å². The minimum atomic E-state index is 0.184. The molecule has 0 atom stereocenters. The van der Waals surface area contributed by atoms with Gasteiger partial charge in [0.15, 0.2) is 5.96 Å². The molecule has 2 N–H and O–H groups in total. The number of rotatable bonds is 7. The van der Waals surface area contributed by atoms with Gasteiger partial charge in [-0.05, 0) is 18.8 Å². The second-order valence-electron chi connectivity index (χ2n) is 6.31. The number of carbonyl (C=O) groups excluding carboxylic acids is 1. The smallest absolute Gasteiger partial charge is 0.219 e. The van der Waals surface area contributed by atoms with E-state index in [9.17, 15) is 4.79 Å². The molecule has 0 saturated carbocycles. The van der Waals surface area contributed by atoms with Crippen molar-refractivity contribution in [2.75, 3.05) is 52.9 Å². The van der Waals surface area contributed by atoms with Crippen molar-refractivity contribution < 1.29 is 4.79 Å². The Morgan fingerprint density at radius 3 is 2.32 bits per heavy atom. The van der Waals surface area contributed by atoms with Gasteiger partial charge in [-0.1, -0.05) is 13.8 Å².